The maximum atomic E-state index is 5.39. The Balaban J connectivity index is 1.89. The molecule has 26 heavy (non-hydrogen) atoms. The fourth-order valence-corrected chi connectivity index (χ4v) is 2.64. The van der Waals surface area contributed by atoms with Crippen molar-refractivity contribution in [2.45, 2.75) is 0 Å². The topological polar surface area (TPSA) is 64.4 Å². The average Bonchev–Trinajstić information content (AvgIpc) is 3.05. The van der Waals surface area contributed by atoms with Crippen LogP contribution in [0.3, 0.4) is 0 Å². The van der Waals surface area contributed by atoms with Crippen molar-refractivity contribution in [2.24, 2.45) is 5.10 Å². The SMILES string of the molecule is COc1ccccc1/C=C/C=N\n1c(-c2ccccc2OC)n[nH]c1=S. The Kier molecular flexibility index (Phi) is 5.60. The van der Waals surface area contributed by atoms with Crippen molar-refractivity contribution in [1.82, 2.24) is 14.9 Å². The Bertz CT molecular complexity index is 1000. The van der Waals surface area contributed by atoms with Gasteiger partial charge < -0.3 is 9.47 Å². The van der Waals surface area contributed by atoms with E-state index in [-0.39, 0.29) is 0 Å². The highest BCUT2D eigenvalue weighted by molar-refractivity contribution is 7.71. The summed E-state index contributed by atoms with van der Waals surface area (Å²) in [5.41, 5.74) is 1.76. The first-order valence-electron chi connectivity index (χ1n) is 7.89. The minimum atomic E-state index is 0.396. The van der Waals surface area contributed by atoms with Crippen LogP contribution in [0.5, 0.6) is 11.5 Å². The Hall–Kier alpha value is -3.19. The number of benzene rings is 2. The summed E-state index contributed by atoms with van der Waals surface area (Å²) in [5, 5.41) is 11.4. The third-order valence-electron chi connectivity index (χ3n) is 3.68. The van der Waals surface area contributed by atoms with Crippen LogP contribution in [0.15, 0.2) is 59.7 Å². The summed E-state index contributed by atoms with van der Waals surface area (Å²) in [6.45, 7) is 0. The fraction of sp³-hybridized carbons (Fsp3) is 0.105. The quantitative estimate of drug-likeness (QED) is 0.525. The third-order valence-corrected chi connectivity index (χ3v) is 3.95. The lowest BCUT2D eigenvalue weighted by molar-refractivity contribution is 0.414. The van der Waals surface area contributed by atoms with Crippen molar-refractivity contribution in [3.8, 4) is 22.9 Å². The van der Waals surface area contributed by atoms with Gasteiger partial charge in [0.1, 0.15) is 11.5 Å². The van der Waals surface area contributed by atoms with Crippen molar-refractivity contribution in [3.05, 3.63) is 64.9 Å². The van der Waals surface area contributed by atoms with Crippen molar-refractivity contribution >= 4 is 24.5 Å². The van der Waals surface area contributed by atoms with Crippen LogP contribution >= 0.6 is 12.2 Å². The average molecular weight is 366 g/mol. The molecule has 0 aliphatic rings. The number of methoxy groups -OCH3 is 2. The molecule has 132 valence electrons. The number of H-pyrrole nitrogens is 1. The van der Waals surface area contributed by atoms with Crippen LogP contribution in [0, 0.1) is 4.77 Å². The maximum Gasteiger partial charge on any atom is 0.216 e. The van der Waals surface area contributed by atoms with Gasteiger partial charge in [0.05, 0.1) is 19.8 Å². The minimum Gasteiger partial charge on any atom is -0.496 e. The number of ether oxygens (including phenoxy) is 2. The molecular formula is C19H18N4O2S. The van der Waals surface area contributed by atoms with Gasteiger partial charge in [-0.3, -0.25) is 0 Å². The van der Waals surface area contributed by atoms with Gasteiger partial charge in [-0.2, -0.15) is 14.9 Å². The van der Waals surface area contributed by atoms with Crippen molar-refractivity contribution < 1.29 is 9.47 Å². The van der Waals surface area contributed by atoms with Gasteiger partial charge in [0.2, 0.25) is 4.77 Å². The largest absolute Gasteiger partial charge is 0.496 e. The minimum absolute atomic E-state index is 0.396. The Labute approximate surface area is 156 Å². The number of hydrogen-bond donors (Lipinski definition) is 1. The molecule has 0 aliphatic heterocycles. The van der Waals surface area contributed by atoms with Crippen LogP contribution in [0.2, 0.25) is 0 Å². The first-order valence-corrected chi connectivity index (χ1v) is 8.30. The van der Waals surface area contributed by atoms with Crippen molar-refractivity contribution in [3.63, 3.8) is 0 Å². The molecule has 0 atom stereocenters. The highest BCUT2D eigenvalue weighted by Gasteiger charge is 2.12. The zero-order chi connectivity index (χ0) is 18.4. The van der Waals surface area contributed by atoms with Gasteiger partial charge in [0.25, 0.3) is 0 Å². The van der Waals surface area contributed by atoms with E-state index in [0.29, 0.717) is 16.3 Å². The molecular weight excluding hydrogens is 348 g/mol. The molecule has 1 aromatic heterocycles. The van der Waals surface area contributed by atoms with E-state index in [2.05, 4.69) is 15.3 Å². The molecule has 0 saturated heterocycles. The summed E-state index contributed by atoms with van der Waals surface area (Å²) in [6.07, 6.45) is 5.38. The number of hydrogen-bond acceptors (Lipinski definition) is 5. The van der Waals surface area contributed by atoms with E-state index < -0.39 is 0 Å². The van der Waals surface area contributed by atoms with Gasteiger partial charge >= 0.3 is 0 Å². The summed E-state index contributed by atoms with van der Waals surface area (Å²) in [7, 11) is 3.26. The maximum absolute atomic E-state index is 5.39. The molecule has 0 aliphatic carbocycles. The monoisotopic (exact) mass is 366 g/mol. The summed E-state index contributed by atoms with van der Waals surface area (Å²) >= 11 is 5.28. The predicted octanol–water partition coefficient (Wildman–Crippen LogP) is 4.17. The molecule has 1 N–H and O–H groups in total. The Morgan fingerprint density at radius 2 is 1.73 bits per heavy atom. The molecule has 3 rings (SSSR count). The standard InChI is InChI=1S/C19H18N4O2S/c1-24-16-11-5-3-8-14(16)9-7-13-20-23-18(21-22-19(23)26)15-10-4-6-12-17(15)25-2/h3-13H,1-2H3,(H,22,26)/b9-7+,20-13-. The van der Waals surface area contributed by atoms with Crippen LogP contribution in [-0.2, 0) is 0 Å². The van der Waals surface area contributed by atoms with Crippen LogP contribution in [-0.4, -0.2) is 35.3 Å². The lowest BCUT2D eigenvalue weighted by Gasteiger charge is -2.06. The summed E-state index contributed by atoms with van der Waals surface area (Å²) in [4.78, 5) is 0. The second-order valence-electron chi connectivity index (χ2n) is 5.23. The van der Waals surface area contributed by atoms with E-state index in [1.54, 1.807) is 25.1 Å². The fourth-order valence-electron chi connectivity index (χ4n) is 2.46. The zero-order valence-corrected chi connectivity index (χ0v) is 15.2. The molecule has 0 unspecified atom stereocenters. The Morgan fingerprint density at radius 1 is 1.04 bits per heavy atom. The van der Waals surface area contributed by atoms with Gasteiger partial charge in [-0.15, -0.1) is 0 Å². The summed E-state index contributed by atoms with van der Waals surface area (Å²) in [6, 6.07) is 15.3. The van der Waals surface area contributed by atoms with Crippen LogP contribution < -0.4 is 9.47 Å². The van der Waals surface area contributed by atoms with Gasteiger partial charge in [-0.1, -0.05) is 30.3 Å². The number of aromatic amines is 1. The van der Waals surface area contributed by atoms with Gasteiger partial charge in [0, 0.05) is 11.8 Å². The molecule has 2 aromatic carbocycles. The molecule has 0 amide bonds. The number of aromatic nitrogens is 3. The highest BCUT2D eigenvalue weighted by Crippen LogP contribution is 2.28. The third kappa shape index (κ3) is 3.73. The summed E-state index contributed by atoms with van der Waals surface area (Å²) in [5.74, 6) is 2.07. The molecule has 0 saturated carbocycles. The number of allylic oxidation sites excluding steroid dienone is 1. The van der Waals surface area contributed by atoms with Crippen molar-refractivity contribution in [1.29, 1.82) is 0 Å². The number of rotatable bonds is 6. The first kappa shape index (κ1) is 17.6. The number of nitrogens with zero attached hydrogens (tertiary/aromatic N) is 3. The van der Waals surface area contributed by atoms with Gasteiger partial charge in [0.15, 0.2) is 5.82 Å². The van der Waals surface area contributed by atoms with E-state index >= 15 is 0 Å². The first-order chi connectivity index (χ1) is 12.7. The van der Waals surface area contributed by atoms with Crippen LogP contribution in [0.4, 0.5) is 0 Å². The second kappa shape index (κ2) is 8.26. The van der Waals surface area contributed by atoms with E-state index in [1.807, 2.05) is 60.7 Å². The number of nitrogens with one attached hydrogen (secondary N) is 1. The normalized spacial score (nSPS) is 11.3. The number of para-hydroxylation sites is 2. The molecule has 0 spiro atoms. The Morgan fingerprint density at radius 3 is 2.50 bits per heavy atom. The molecule has 0 bridgehead atoms. The molecule has 3 aromatic rings. The van der Waals surface area contributed by atoms with Gasteiger partial charge in [-0.05, 0) is 42.6 Å². The molecule has 0 radical (unpaired) electrons. The van der Waals surface area contributed by atoms with E-state index in [1.165, 1.54) is 0 Å². The molecule has 6 nitrogen and oxygen atoms in total. The van der Waals surface area contributed by atoms with E-state index in [4.69, 9.17) is 21.7 Å². The molecule has 0 fully saturated rings. The lowest BCUT2D eigenvalue weighted by Crippen LogP contribution is -1.96. The molecule has 1 heterocycles. The summed E-state index contributed by atoms with van der Waals surface area (Å²) < 4.78 is 12.7. The van der Waals surface area contributed by atoms with Gasteiger partial charge in [-0.25, -0.2) is 5.10 Å². The van der Waals surface area contributed by atoms with Crippen LogP contribution in [0.1, 0.15) is 5.56 Å². The molecule has 7 heteroatoms. The highest BCUT2D eigenvalue weighted by atomic mass is 32.1. The van der Waals surface area contributed by atoms with Crippen LogP contribution in [0.25, 0.3) is 17.5 Å². The van der Waals surface area contributed by atoms with Crippen molar-refractivity contribution in [2.75, 3.05) is 14.2 Å². The zero-order valence-electron chi connectivity index (χ0n) is 14.4. The smallest absolute Gasteiger partial charge is 0.216 e. The van der Waals surface area contributed by atoms with E-state index in [9.17, 15) is 0 Å². The predicted molar refractivity (Wildman–Crippen MR) is 105 cm³/mol. The second-order valence-corrected chi connectivity index (χ2v) is 5.62. The van der Waals surface area contributed by atoms with E-state index in [0.717, 1.165) is 16.9 Å². The lowest BCUT2D eigenvalue weighted by atomic mass is 10.2.